The van der Waals surface area contributed by atoms with Gasteiger partial charge in [-0.05, 0) is 32.0 Å². The normalized spacial score (nSPS) is 12.4. The van der Waals surface area contributed by atoms with Crippen molar-refractivity contribution in [2.24, 2.45) is 0 Å². The number of halogens is 4. The molecule has 0 spiro atoms. The molecule has 0 unspecified atom stereocenters. The van der Waals surface area contributed by atoms with E-state index in [1.54, 1.807) is 13.8 Å². The lowest BCUT2D eigenvalue weighted by atomic mass is 10.0. The first kappa shape index (κ1) is 19.7. The van der Waals surface area contributed by atoms with E-state index in [9.17, 15) is 27.8 Å². The number of pyridine rings is 1. The highest BCUT2D eigenvalue weighted by atomic mass is 19.4. The van der Waals surface area contributed by atoms with E-state index >= 15 is 0 Å². The van der Waals surface area contributed by atoms with Gasteiger partial charge < -0.3 is 15.5 Å². The summed E-state index contributed by atoms with van der Waals surface area (Å²) in [7, 11) is 0. The average molecular weight is 396 g/mol. The minimum absolute atomic E-state index is 0.130. The molecule has 1 aromatic carbocycles. The summed E-state index contributed by atoms with van der Waals surface area (Å²) in [6.45, 7) is 3.29. The number of nitrogens with one attached hydrogen (secondary N) is 1. The van der Waals surface area contributed by atoms with Crippen molar-refractivity contribution in [1.29, 1.82) is 0 Å². The number of fused-ring (bicyclic) bond motifs is 1. The Morgan fingerprint density at radius 3 is 2.43 bits per heavy atom. The summed E-state index contributed by atoms with van der Waals surface area (Å²) in [6.07, 6.45) is -2.00. The molecule has 0 saturated carbocycles. The summed E-state index contributed by atoms with van der Waals surface area (Å²) in [4.78, 5) is 3.97. The van der Waals surface area contributed by atoms with Crippen LogP contribution in [0, 0.1) is 5.82 Å². The monoisotopic (exact) mass is 396 g/mol. The average Bonchev–Trinajstić information content (AvgIpc) is 2.58. The van der Waals surface area contributed by atoms with Crippen LogP contribution in [-0.2, 0) is 6.18 Å². The maximum absolute atomic E-state index is 14.5. The number of phenols is 1. The third-order valence-electron chi connectivity index (χ3n) is 3.90. The number of benzene rings is 1. The molecule has 28 heavy (non-hydrogen) atoms. The summed E-state index contributed by atoms with van der Waals surface area (Å²) in [5, 5.41) is 31.3. The number of aromatic nitrogens is 3. The lowest BCUT2D eigenvalue weighted by molar-refractivity contribution is -0.137. The second kappa shape index (κ2) is 6.86. The van der Waals surface area contributed by atoms with Crippen LogP contribution in [0.3, 0.4) is 0 Å². The Kier molecular flexibility index (Phi) is 4.84. The lowest BCUT2D eigenvalue weighted by Crippen LogP contribution is -2.29. The van der Waals surface area contributed by atoms with Crippen molar-refractivity contribution in [3.63, 3.8) is 0 Å². The van der Waals surface area contributed by atoms with Gasteiger partial charge in [0.15, 0.2) is 5.82 Å². The molecule has 148 valence electrons. The number of hydrogen-bond donors (Lipinski definition) is 3. The molecule has 3 N–H and O–H groups in total. The van der Waals surface area contributed by atoms with Gasteiger partial charge in [-0.1, -0.05) is 0 Å². The van der Waals surface area contributed by atoms with Crippen molar-refractivity contribution >= 4 is 16.6 Å². The van der Waals surface area contributed by atoms with Gasteiger partial charge in [-0.25, -0.2) is 4.39 Å². The van der Waals surface area contributed by atoms with Crippen molar-refractivity contribution in [3.8, 4) is 17.0 Å². The Labute approximate surface area is 156 Å². The highest BCUT2D eigenvalue weighted by Crippen LogP contribution is 2.40. The maximum atomic E-state index is 14.5. The largest absolute Gasteiger partial charge is 0.507 e. The van der Waals surface area contributed by atoms with E-state index < -0.39 is 34.5 Å². The number of rotatable bonds is 4. The molecule has 10 heteroatoms. The van der Waals surface area contributed by atoms with Crippen LogP contribution >= 0.6 is 0 Å². The van der Waals surface area contributed by atoms with Gasteiger partial charge in [0.2, 0.25) is 0 Å². The van der Waals surface area contributed by atoms with Gasteiger partial charge >= 0.3 is 6.18 Å². The molecule has 6 nitrogen and oxygen atoms in total. The zero-order chi connectivity index (χ0) is 20.7. The number of alkyl halides is 3. The van der Waals surface area contributed by atoms with E-state index in [1.165, 1.54) is 18.5 Å². The molecule has 0 radical (unpaired) electrons. The fraction of sp³-hybridized carbons (Fsp3) is 0.278. The topological polar surface area (TPSA) is 91.2 Å². The Hall–Kier alpha value is -3.01. The van der Waals surface area contributed by atoms with E-state index in [0.717, 1.165) is 0 Å². The van der Waals surface area contributed by atoms with E-state index in [4.69, 9.17) is 0 Å². The molecule has 2 heterocycles. The van der Waals surface area contributed by atoms with Crippen molar-refractivity contribution in [2.45, 2.75) is 25.6 Å². The molecular formula is C18H16F4N4O2. The molecule has 0 bridgehead atoms. The fourth-order valence-corrected chi connectivity index (χ4v) is 2.60. The molecule has 3 aromatic rings. The molecule has 0 fully saturated rings. The third-order valence-corrected chi connectivity index (χ3v) is 3.90. The van der Waals surface area contributed by atoms with Crippen LogP contribution in [0.4, 0.5) is 23.4 Å². The molecule has 0 atom stereocenters. The van der Waals surface area contributed by atoms with Crippen LogP contribution in [0.2, 0.25) is 0 Å². The van der Waals surface area contributed by atoms with Gasteiger partial charge in [-0.15, -0.1) is 10.2 Å². The highest BCUT2D eigenvalue weighted by molar-refractivity contribution is 6.00. The van der Waals surface area contributed by atoms with E-state index in [1.807, 2.05) is 0 Å². The summed E-state index contributed by atoms with van der Waals surface area (Å²) >= 11 is 0. The first-order valence-electron chi connectivity index (χ1n) is 8.14. The van der Waals surface area contributed by atoms with Gasteiger partial charge in [0, 0.05) is 29.7 Å². The molecular weight excluding hydrogens is 380 g/mol. The quantitative estimate of drug-likeness (QED) is 0.582. The van der Waals surface area contributed by atoms with Crippen LogP contribution in [0.25, 0.3) is 22.0 Å². The SMILES string of the molecule is CC(C)(O)CNc1nnc(-c2c(O)cc(C(F)(F)F)cc2F)c2ccncc12. The minimum atomic E-state index is -4.81. The van der Waals surface area contributed by atoms with Gasteiger partial charge in [0.1, 0.15) is 17.3 Å². The number of aromatic hydroxyl groups is 1. The van der Waals surface area contributed by atoms with Crippen molar-refractivity contribution in [1.82, 2.24) is 15.2 Å². The van der Waals surface area contributed by atoms with E-state index in [2.05, 4.69) is 20.5 Å². The summed E-state index contributed by atoms with van der Waals surface area (Å²) in [5.41, 5.74) is -2.98. The third kappa shape index (κ3) is 3.96. The van der Waals surface area contributed by atoms with Crippen molar-refractivity contribution < 1.29 is 27.8 Å². The molecule has 0 aliphatic heterocycles. The zero-order valence-electron chi connectivity index (χ0n) is 14.8. The van der Waals surface area contributed by atoms with Crippen LogP contribution in [0.15, 0.2) is 30.6 Å². The number of phenolic OH excluding ortho intramolecular Hbond substituents is 1. The Morgan fingerprint density at radius 2 is 1.82 bits per heavy atom. The number of hydrogen-bond acceptors (Lipinski definition) is 6. The molecule has 0 saturated heterocycles. The molecule has 0 aliphatic carbocycles. The standard InChI is InChI=1S/C18H16F4N4O2/c1-17(2,28)8-24-16-11-7-23-4-3-10(11)15(25-26-16)14-12(19)5-9(6-13(14)27)18(20,21)22/h3-7,27-28H,8H2,1-2H3,(H,24,26). The predicted octanol–water partition coefficient (Wildman–Crippen LogP) is 3.74. The summed E-state index contributed by atoms with van der Waals surface area (Å²) in [5.74, 6) is -1.94. The maximum Gasteiger partial charge on any atom is 0.416 e. The van der Waals surface area contributed by atoms with E-state index in [-0.39, 0.29) is 18.1 Å². The van der Waals surface area contributed by atoms with Crippen LogP contribution < -0.4 is 5.32 Å². The van der Waals surface area contributed by atoms with Gasteiger partial charge in [-0.2, -0.15) is 13.2 Å². The van der Waals surface area contributed by atoms with Gasteiger partial charge in [0.05, 0.1) is 16.7 Å². The molecule has 3 rings (SSSR count). The van der Waals surface area contributed by atoms with Crippen molar-refractivity contribution in [2.75, 3.05) is 11.9 Å². The summed E-state index contributed by atoms with van der Waals surface area (Å²) < 4.78 is 52.9. The molecule has 2 aromatic heterocycles. The van der Waals surface area contributed by atoms with Crippen LogP contribution in [0.1, 0.15) is 19.4 Å². The lowest BCUT2D eigenvalue weighted by Gasteiger charge is -2.19. The highest BCUT2D eigenvalue weighted by Gasteiger charge is 2.33. The number of nitrogens with zero attached hydrogens (tertiary/aromatic N) is 3. The second-order valence-electron chi connectivity index (χ2n) is 6.83. The smallest absolute Gasteiger partial charge is 0.416 e. The number of aliphatic hydroxyl groups is 1. The summed E-state index contributed by atoms with van der Waals surface area (Å²) in [6, 6.07) is 2.21. The molecule has 0 amide bonds. The zero-order valence-corrected chi connectivity index (χ0v) is 14.8. The Morgan fingerprint density at radius 1 is 1.11 bits per heavy atom. The van der Waals surface area contributed by atoms with Crippen molar-refractivity contribution in [3.05, 3.63) is 42.0 Å². The Bertz CT molecular complexity index is 1010. The minimum Gasteiger partial charge on any atom is -0.507 e. The fourth-order valence-electron chi connectivity index (χ4n) is 2.60. The Balaban J connectivity index is 2.16. The second-order valence-corrected chi connectivity index (χ2v) is 6.83. The van der Waals surface area contributed by atoms with Crippen LogP contribution in [-0.4, -0.2) is 37.5 Å². The first-order chi connectivity index (χ1) is 13.0. The van der Waals surface area contributed by atoms with E-state index in [0.29, 0.717) is 22.9 Å². The first-order valence-corrected chi connectivity index (χ1v) is 8.14. The van der Waals surface area contributed by atoms with Crippen LogP contribution in [0.5, 0.6) is 5.75 Å². The number of anilines is 1. The molecule has 0 aliphatic rings. The van der Waals surface area contributed by atoms with Gasteiger partial charge in [0.25, 0.3) is 0 Å². The predicted molar refractivity (Wildman–Crippen MR) is 94.2 cm³/mol. The van der Waals surface area contributed by atoms with Gasteiger partial charge in [-0.3, -0.25) is 4.98 Å².